The van der Waals surface area contributed by atoms with E-state index in [9.17, 15) is 4.79 Å². The average Bonchev–Trinajstić information content (AvgIpc) is 2.49. The number of likely N-dealkylation sites (tertiary alicyclic amines) is 1. The molecule has 2 rings (SSSR count). The molecule has 2 N–H and O–H groups in total. The number of nitrogens with zero attached hydrogens (tertiary/aromatic N) is 3. The third kappa shape index (κ3) is 4.40. The van der Waals surface area contributed by atoms with Crippen LogP contribution in [-0.2, 0) is 6.54 Å². The Morgan fingerprint density at radius 2 is 2.00 bits per heavy atom. The second-order valence-corrected chi connectivity index (χ2v) is 5.23. The highest BCUT2D eigenvalue weighted by Gasteiger charge is 2.11. The number of hydrogen-bond donors (Lipinski definition) is 1. The average molecular weight is 276 g/mol. The summed E-state index contributed by atoms with van der Waals surface area (Å²) in [5.41, 5.74) is 6.05. The Kier molecular flexibility index (Phi) is 5.65. The Labute approximate surface area is 120 Å². The van der Waals surface area contributed by atoms with E-state index in [1.165, 1.54) is 19.3 Å². The molecule has 1 aromatic rings. The number of hydrogen-bond acceptors (Lipinski definition) is 2. The van der Waals surface area contributed by atoms with Crippen LogP contribution in [0.3, 0.4) is 0 Å². The largest absolute Gasteiger partial charge is 0.370 e. The Balaban J connectivity index is 1.68. The van der Waals surface area contributed by atoms with Gasteiger partial charge in [-0.15, -0.1) is 0 Å². The first-order valence-electron chi connectivity index (χ1n) is 7.48. The maximum Gasteiger partial charge on any atom is 0.250 e. The first kappa shape index (κ1) is 14.6. The molecule has 1 fully saturated rings. The maximum absolute atomic E-state index is 11.5. The van der Waals surface area contributed by atoms with Crippen molar-refractivity contribution in [2.75, 3.05) is 19.6 Å². The van der Waals surface area contributed by atoms with E-state index < -0.39 is 0 Å². The minimum atomic E-state index is 0.0591. The van der Waals surface area contributed by atoms with Gasteiger partial charge in [-0.05, 0) is 38.2 Å². The van der Waals surface area contributed by atoms with Crippen molar-refractivity contribution in [3.8, 4) is 0 Å². The molecule has 1 aliphatic heterocycles. The molecule has 0 unspecified atom stereocenters. The van der Waals surface area contributed by atoms with Crippen LogP contribution >= 0.6 is 0 Å². The van der Waals surface area contributed by atoms with Gasteiger partial charge in [0.05, 0.1) is 0 Å². The third-order valence-corrected chi connectivity index (χ3v) is 3.66. The molecule has 5 nitrogen and oxygen atoms in total. The first-order chi connectivity index (χ1) is 9.77. The summed E-state index contributed by atoms with van der Waals surface area (Å²) in [6.07, 6.45) is 7.46. The third-order valence-electron chi connectivity index (χ3n) is 3.66. The van der Waals surface area contributed by atoms with Crippen LogP contribution in [0.15, 0.2) is 34.2 Å². The summed E-state index contributed by atoms with van der Waals surface area (Å²) in [6, 6.07) is 5.24. The van der Waals surface area contributed by atoms with Gasteiger partial charge < -0.3 is 15.2 Å². The molecule has 0 radical (unpaired) electrons. The lowest BCUT2D eigenvalue weighted by atomic mass is 10.1. The topological polar surface area (TPSA) is 63.6 Å². The van der Waals surface area contributed by atoms with Crippen molar-refractivity contribution >= 4 is 5.96 Å². The number of pyridine rings is 1. The van der Waals surface area contributed by atoms with Crippen molar-refractivity contribution < 1.29 is 0 Å². The fourth-order valence-corrected chi connectivity index (χ4v) is 2.46. The predicted octanol–water partition coefficient (Wildman–Crippen LogP) is 1.43. The van der Waals surface area contributed by atoms with Crippen LogP contribution in [0.2, 0.25) is 0 Å². The fraction of sp³-hybridized carbons (Fsp3) is 0.600. The molecule has 0 spiro atoms. The molecule has 0 aliphatic carbocycles. The Morgan fingerprint density at radius 1 is 1.20 bits per heavy atom. The number of aromatic nitrogens is 1. The Hall–Kier alpha value is -1.78. The van der Waals surface area contributed by atoms with Crippen molar-refractivity contribution in [3.05, 3.63) is 34.7 Å². The molecule has 110 valence electrons. The minimum Gasteiger partial charge on any atom is -0.370 e. The quantitative estimate of drug-likeness (QED) is 0.503. The summed E-state index contributed by atoms with van der Waals surface area (Å²) in [4.78, 5) is 18.1. The van der Waals surface area contributed by atoms with Gasteiger partial charge in [0.1, 0.15) is 0 Å². The Morgan fingerprint density at radius 3 is 2.75 bits per heavy atom. The summed E-state index contributed by atoms with van der Waals surface area (Å²) in [7, 11) is 0. The van der Waals surface area contributed by atoms with E-state index in [1.807, 2.05) is 12.3 Å². The van der Waals surface area contributed by atoms with Crippen LogP contribution < -0.4 is 11.3 Å². The van der Waals surface area contributed by atoms with Gasteiger partial charge in [-0.1, -0.05) is 6.07 Å². The van der Waals surface area contributed by atoms with Crippen molar-refractivity contribution in [1.82, 2.24) is 9.47 Å². The summed E-state index contributed by atoms with van der Waals surface area (Å²) in [5.74, 6) is 0.682. The highest BCUT2D eigenvalue weighted by molar-refractivity contribution is 5.78. The highest BCUT2D eigenvalue weighted by atomic mass is 16.1. The molecular formula is C15H24N4O. The highest BCUT2D eigenvalue weighted by Crippen LogP contribution is 2.07. The number of aryl methyl sites for hydroxylation is 1. The zero-order valence-corrected chi connectivity index (χ0v) is 12.0. The Bertz CT molecular complexity index is 489. The van der Waals surface area contributed by atoms with E-state index in [1.54, 1.807) is 16.7 Å². The summed E-state index contributed by atoms with van der Waals surface area (Å²) < 4.78 is 1.73. The maximum atomic E-state index is 11.5. The number of aliphatic imine (C=N–C) groups is 1. The zero-order valence-electron chi connectivity index (χ0n) is 12.0. The summed E-state index contributed by atoms with van der Waals surface area (Å²) in [6.45, 7) is 3.56. The number of unbranched alkanes of at least 4 members (excludes halogenated alkanes) is 1. The molecule has 0 bridgehead atoms. The van der Waals surface area contributed by atoms with E-state index in [-0.39, 0.29) is 5.56 Å². The van der Waals surface area contributed by atoms with Crippen LogP contribution in [-0.4, -0.2) is 35.1 Å². The van der Waals surface area contributed by atoms with Crippen molar-refractivity contribution in [3.63, 3.8) is 0 Å². The summed E-state index contributed by atoms with van der Waals surface area (Å²) in [5, 5.41) is 0. The second-order valence-electron chi connectivity index (χ2n) is 5.23. The number of guanidine groups is 1. The molecule has 0 saturated carbocycles. The van der Waals surface area contributed by atoms with Gasteiger partial charge in [0.25, 0.3) is 0 Å². The molecule has 5 heteroatoms. The van der Waals surface area contributed by atoms with Crippen LogP contribution in [0.4, 0.5) is 0 Å². The van der Waals surface area contributed by atoms with Gasteiger partial charge in [0.2, 0.25) is 5.56 Å². The normalized spacial score (nSPS) is 16.4. The molecule has 20 heavy (non-hydrogen) atoms. The number of rotatable bonds is 5. The van der Waals surface area contributed by atoms with E-state index in [0.717, 1.165) is 39.0 Å². The van der Waals surface area contributed by atoms with Gasteiger partial charge in [-0.3, -0.25) is 9.79 Å². The fourth-order valence-electron chi connectivity index (χ4n) is 2.46. The summed E-state index contributed by atoms with van der Waals surface area (Å²) >= 11 is 0. The molecule has 1 saturated heterocycles. The smallest absolute Gasteiger partial charge is 0.250 e. The van der Waals surface area contributed by atoms with Crippen LogP contribution in [0.5, 0.6) is 0 Å². The lowest BCUT2D eigenvalue weighted by Gasteiger charge is -2.27. The predicted molar refractivity (Wildman–Crippen MR) is 81.8 cm³/mol. The van der Waals surface area contributed by atoms with E-state index >= 15 is 0 Å². The molecule has 1 aliphatic rings. The van der Waals surface area contributed by atoms with Gasteiger partial charge in [0, 0.05) is 38.4 Å². The molecule has 0 aromatic carbocycles. The van der Waals surface area contributed by atoms with Crippen molar-refractivity contribution in [2.24, 2.45) is 10.7 Å². The second kappa shape index (κ2) is 7.72. The van der Waals surface area contributed by atoms with Gasteiger partial charge in [-0.25, -0.2) is 0 Å². The van der Waals surface area contributed by atoms with Crippen LogP contribution in [0.1, 0.15) is 32.1 Å². The molecule has 1 aromatic heterocycles. The van der Waals surface area contributed by atoms with Crippen LogP contribution in [0, 0.1) is 0 Å². The minimum absolute atomic E-state index is 0.0591. The first-order valence-corrected chi connectivity index (χ1v) is 7.48. The molecule has 0 atom stereocenters. The van der Waals surface area contributed by atoms with Gasteiger partial charge >= 0.3 is 0 Å². The van der Waals surface area contributed by atoms with E-state index in [2.05, 4.69) is 9.89 Å². The molecular weight excluding hydrogens is 252 g/mol. The monoisotopic (exact) mass is 276 g/mol. The van der Waals surface area contributed by atoms with Crippen molar-refractivity contribution in [1.29, 1.82) is 0 Å². The van der Waals surface area contributed by atoms with Gasteiger partial charge in [0.15, 0.2) is 5.96 Å². The van der Waals surface area contributed by atoms with E-state index in [4.69, 9.17) is 5.73 Å². The SMILES string of the molecule is NC(=NCCCCn1ccccc1=O)N1CCCCC1. The molecule has 2 heterocycles. The standard InChI is InChI=1S/C15H24N4O/c16-15(19-12-4-1-5-13-19)17-9-3-7-11-18-10-6-2-8-14(18)20/h2,6,8,10H,1,3-5,7,9,11-13H2,(H2,16,17). The van der Waals surface area contributed by atoms with Crippen molar-refractivity contribution in [2.45, 2.75) is 38.6 Å². The van der Waals surface area contributed by atoms with E-state index in [0.29, 0.717) is 5.96 Å². The van der Waals surface area contributed by atoms with Gasteiger partial charge in [-0.2, -0.15) is 0 Å². The zero-order chi connectivity index (χ0) is 14.2. The lowest BCUT2D eigenvalue weighted by Crippen LogP contribution is -2.40. The molecule has 0 amide bonds. The number of nitrogens with two attached hydrogens (primary N) is 1. The number of piperidine rings is 1. The lowest BCUT2D eigenvalue weighted by molar-refractivity contribution is 0.338. The van der Waals surface area contributed by atoms with Crippen LogP contribution in [0.25, 0.3) is 0 Å².